The van der Waals surface area contributed by atoms with Gasteiger partial charge < -0.3 is 15.4 Å². The molecule has 0 spiro atoms. The molecule has 0 unspecified atom stereocenters. The number of ether oxygens (including phenoxy) is 1. The van der Waals surface area contributed by atoms with Crippen molar-refractivity contribution in [1.82, 2.24) is 10.6 Å². The van der Waals surface area contributed by atoms with E-state index in [2.05, 4.69) is 15.4 Å². The number of amides is 2. The predicted molar refractivity (Wildman–Crippen MR) is 92.5 cm³/mol. The standard InChI is InChI=1S/C19H20F4N2O2/c20-17-4-2-1-3-16(17)9-10-24-18(26)25-11-14-5-7-15(8-6-14)12-27-13-19(21,22)23/h1-8H,9-13H2,(H2,24,25,26). The average Bonchev–Trinajstić information content (AvgIpc) is 2.62. The van der Waals surface area contributed by atoms with Gasteiger partial charge in [-0.2, -0.15) is 13.2 Å². The molecule has 27 heavy (non-hydrogen) atoms. The number of hydrogen-bond acceptors (Lipinski definition) is 2. The van der Waals surface area contributed by atoms with Crippen LogP contribution in [0.5, 0.6) is 0 Å². The molecule has 2 N–H and O–H groups in total. The zero-order valence-corrected chi connectivity index (χ0v) is 14.5. The third-order valence-electron chi connectivity index (χ3n) is 3.65. The maximum Gasteiger partial charge on any atom is 0.411 e. The van der Waals surface area contributed by atoms with Crippen LogP contribution in [0, 0.1) is 5.82 Å². The highest BCUT2D eigenvalue weighted by molar-refractivity contribution is 5.73. The van der Waals surface area contributed by atoms with E-state index in [1.165, 1.54) is 6.07 Å². The first kappa shape index (κ1) is 20.7. The van der Waals surface area contributed by atoms with E-state index in [1.54, 1.807) is 42.5 Å². The number of carbonyl (C=O) groups is 1. The van der Waals surface area contributed by atoms with Crippen molar-refractivity contribution in [1.29, 1.82) is 0 Å². The second-order valence-electron chi connectivity index (χ2n) is 5.88. The highest BCUT2D eigenvalue weighted by Gasteiger charge is 2.27. The van der Waals surface area contributed by atoms with E-state index in [1.807, 2.05) is 0 Å². The van der Waals surface area contributed by atoms with Crippen molar-refractivity contribution in [2.45, 2.75) is 25.7 Å². The Morgan fingerprint density at radius 1 is 0.963 bits per heavy atom. The molecular formula is C19H20F4N2O2. The largest absolute Gasteiger partial charge is 0.411 e. The molecule has 8 heteroatoms. The molecule has 4 nitrogen and oxygen atoms in total. The number of halogens is 4. The molecule has 2 amide bonds. The van der Waals surface area contributed by atoms with Crippen molar-refractivity contribution in [2.75, 3.05) is 13.2 Å². The van der Waals surface area contributed by atoms with Crippen LogP contribution >= 0.6 is 0 Å². The van der Waals surface area contributed by atoms with Crippen LogP contribution in [0.4, 0.5) is 22.4 Å². The summed E-state index contributed by atoms with van der Waals surface area (Å²) in [6, 6.07) is 12.7. The molecule has 0 bridgehead atoms. The van der Waals surface area contributed by atoms with E-state index in [9.17, 15) is 22.4 Å². The Morgan fingerprint density at radius 2 is 1.63 bits per heavy atom. The predicted octanol–water partition coefficient (Wildman–Crippen LogP) is 3.95. The first-order chi connectivity index (χ1) is 12.8. The van der Waals surface area contributed by atoms with Crippen LogP contribution in [0.2, 0.25) is 0 Å². The van der Waals surface area contributed by atoms with Gasteiger partial charge in [0.1, 0.15) is 12.4 Å². The number of urea groups is 1. The summed E-state index contributed by atoms with van der Waals surface area (Å²) in [5.74, 6) is -0.306. The van der Waals surface area contributed by atoms with Crippen LogP contribution in [-0.2, 0) is 24.3 Å². The fourth-order valence-electron chi connectivity index (χ4n) is 2.29. The molecule has 146 valence electrons. The highest BCUT2D eigenvalue weighted by Crippen LogP contribution is 2.15. The molecule has 0 heterocycles. The molecule has 0 atom stereocenters. The van der Waals surface area contributed by atoms with E-state index < -0.39 is 12.8 Å². The third-order valence-corrected chi connectivity index (χ3v) is 3.65. The second-order valence-corrected chi connectivity index (χ2v) is 5.88. The van der Waals surface area contributed by atoms with E-state index in [0.29, 0.717) is 24.1 Å². The topological polar surface area (TPSA) is 50.4 Å². The van der Waals surface area contributed by atoms with Gasteiger partial charge in [-0.05, 0) is 29.2 Å². The Labute approximate surface area is 154 Å². The molecule has 2 aromatic carbocycles. The Kier molecular flexibility index (Phi) is 7.60. The molecule has 0 aliphatic heterocycles. The van der Waals surface area contributed by atoms with Gasteiger partial charge >= 0.3 is 12.2 Å². The van der Waals surface area contributed by atoms with Crippen LogP contribution in [0.15, 0.2) is 48.5 Å². The van der Waals surface area contributed by atoms with Crippen LogP contribution in [-0.4, -0.2) is 25.4 Å². The highest BCUT2D eigenvalue weighted by atomic mass is 19.4. The number of hydrogen-bond donors (Lipinski definition) is 2. The van der Waals surface area contributed by atoms with E-state index in [-0.39, 0.29) is 25.0 Å². The Morgan fingerprint density at radius 3 is 2.30 bits per heavy atom. The monoisotopic (exact) mass is 384 g/mol. The van der Waals surface area contributed by atoms with Gasteiger partial charge in [0, 0.05) is 13.1 Å². The summed E-state index contributed by atoms with van der Waals surface area (Å²) < 4.78 is 54.1. The third kappa shape index (κ3) is 8.08. The number of alkyl halides is 3. The quantitative estimate of drug-likeness (QED) is 0.678. The average molecular weight is 384 g/mol. The number of benzene rings is 2. The van der Waals surface area contributed by atoms with Gasteiger partial charge in [-0.25, -0.2) is 9.18 Å². The van der Waals surface area contributed by atoms with Gasteiger partial charge in [-0.15, -0.1) is 0 Å². The van der Waals surface area contributed by atoms with E-state index in [0.717, 1.165) is 5.56 Å². The summed E-state index contributed by atoms with van der Waals surface area (Å²) in [6.07, 6.45) is -3.96. The van der Waals surface area contributed by atoms with Gasteiger partial charge in [0.2, 0.25) is 0 Å². The van der Waals surface area contributed by atoms with Crippen LogP contribution < -0.4 is 10.6 Å². The summed E-state index contributed by atoms with van der Waals surface area (Å²) in [5, 5.41) is 5.30. The van der Waals surface area contributed by atoms with Crippen molar-refractivity contribution >= 4 is 6.03 Å². The lowest BCUT2D eigenvalue weighted by Gasteiger charge is -2.10. The SMILES string of the molecule is O=C(NCCc1ccccc1F)NCc1ccc(COCC(F)(F)F)cc1. The van der Waals surface area contributed by atoms with Gasteiger partial charge in [-0.3, -0.25) is 0 Å². The van der Waals surface area contributed by atoms with Crippen molar-refractivity contribution in [3.8, 4) is 0 Å². The van der Waals surface area contributed by atoms with Gasteiger partial charge in [-0.1, -0.05) is 42.5 Å². The lowest BCUT2D eigenvalue weighted by Crippen LogP contribution is -2.36. The van der Waals surface area contributed by atoms with Crippen molar-refractivity contribution in [2.24, 2.45) is 0 Å². The maximum atomic E-state index is 13.5. The van der Waals surface area contributed by atoms with Gasteiger partial charge in [0.25, 0.3) is 0 Å². The summed E-state index contributed by atoms with van der Waals surface area (Å²) >= 11 is 0. The number of rotatable bonds is 8. The van der Waals surface area contributed by atoms with Crippen molar-refractivity contribution in [3.63, 3.8) is 0 Å². The fourth-order valence-corrected chi connectivity index (χ4v) is 2.29. The first-order valence-electron chi connectivity index (χ1n) is 8.31. The van der Waals surface area contributed by atoms with E-state index >= 15 is 0 Å². The molecule has 0 radical (unpaired) electrons. The molecule has 0 saturated carbocycles. The molecule has 0 aliphatic rings. The normalized spacial score (nSPS) is 11.3. The Balaban J connectivity index is 1.66. The molecule has 2 aromatic rings. The Bertz CT molecular complexity index is 733. The number of nitrogens with one attached hydrogen (secondary N) is 2. The summed E-state index contributed by atoms with van der Waals surface area (Å²) in [6.45, 7) is -0.870. The fraction of sp³-hybridized carbons (Fsp3) is 0.316. The van der Waals surface area contributed by atoms with Crippen molar-refractivity contribution in [3.05, 3.63) is 71.0 Å². The van der Waals surface area contributed by atoms with Crippen LogP contribution in [0.3, 0.4) is 0 Å². The maximum absolute atomic E-state index is 13.5. The number of carbonyl (C=O) groups excluding carboxylic acids is 1. The summed E-state index contributed by atoms with van der Waals surface area (Å²) in [7, 11) is 0. The van der Waals surface area contributed by atoms with Crippen LogP contribution in [0.1, 0.15) is 16.7 Å². The van der Waals surface area contributed by atoms with Crippen molar-refractivity contribution < 1.29 is 27.1 Å². The molecule has 0 saturated heterocycles. The van der Waals surface area contributed by atoms with Gasteiger partial charge in [0.05, 0.1) is 6.61 Å². The minimum absolute atomic E-state index is 0.135. The smallest absolute Gasteiger partial charge is 0.367 e. The van der Waals surface area contributed by atoms with Crippen LogP contribution in [0.25, 0.3) is 0 Å². The molecular weight excluding hydrogens is 364 g/mol. The summed E-state index contributed by atoms with van der Waals surface area (Å²) in [5.41, 5.74) is 1.93. The molecule has 0 aromatic heterocycles. The minimum atomic E-state index is -4.34. The zero-order chi connectivity index (χ0) is 19.7. The summed E-state index contributed by atoms with van der Waals surface area (Å²) in [4.78, 5) is 11.8. The lowest BCUT2D eigenvalue weighted by molar-refractivity contribution is -0.176. The Hall–Kier alpha value is -2.61. The minimum Gasteiger partial charge on any atom is -0.367 e. The van der Waals surface area contributed by atoms with Gasteiger partial charge in [0.15, 0.2) is 0 Å². The molecule has 2 rings (SSSR count). The molecule has 0 fully saturated rings. The zero-order valence-electron chi connectivity index (χ0n) is 14.5. The second kappa shape index (κ2) is 9.91. The van der Waals surface area contributed by atoms with E-state index in [4.69, 9.17) is 0 Å². The lowest BCUT2D eigenvalue weighted by atomic mass is 10.1. The first-order valence-corrected chi connectivity index (χ1v) is 8.31. The molecule has 0 aliphatic carbocycles.